The van der Waals surface area contributed by atoms with Crippen molar-refractivity contribution in [2.45, 2.75) is 13.0 Å². The van der Waals surface area contributed by atoms with E-state index in [-0.39, 0.29) is 29.6 Å². The van der Waals surface area contributed by atoms with Crippen LogP contribution in [0.2, 0.25) is 0 Å². The smallest absolute Gasteiger partial charge is 0.271 e. The molecule has 0 saturated heterocycles. The molecule has 0 saturated carbocycles. The van der Waals surface area contributed by atoms with Crippen molar-refractivity contribution >= 4 is 28.9 Å². The van der Waals surface area contributed by atoms with Crippen LogP contribution in [0.1, 0.15) is 6.92 Å². The summed E-state index contributed by atoms with van der Waals surface area (Å²) in [7, 11) is 1.39. The number of hydrogen-bond donors (Lipinski definition) is 1. The molecule has 9 heteroatoms. The SMILES string of the molecule is COc1ccc([N+](=O)[O-])cc1NC(=O)CN1C(=O)[C@@H](C)Oc2ccccc21. The van der Waals surface area contributed by atoms with Gasteiger partial charge in [0, 0.05) is 12.1 Å². The zero-order chi connectivity index (χ0) is 19.6. The van der Waals surface area contributed by atoms with Crippen LogP contribution in [0.25, 0.3) is 0 Å². The van der Waals surface area contributed by atoms with Gasteiger partial charge in [-0.25, -0.2) is 0 Å². The maximum atomic E-state index is 12.5. The highest BCUT2D eigenvalue weighted by molar-refractivity contribution is 6.06. The second-order valence-corrected chi connectivity index (χ2v) is 5.84. The standard InChI is InChI=1S/C18H17N3O6/c1-11-18(23)20(14-5-3-4-6-16(14)27-11)10-17(22)19-13-9-12(21(24)25)7-8-15(13)26-2/h3-9,11H,10H2,1-2H3,(H,19,22)/t11-/m1/s1. The Kier molecular flexibility index (Phi) is 4.93. The van der Waals surface area contributed by atoms with Gasteiger partial charge in [0.2, 0.25) is 5.91 Å². The number of non-ortho nitro benzene ring substituents is 1. The molecule has 140 valence electrons. The number of methoxy groups -OCH3 is 1. The van der Waals surface area contributed by atoms with Gasteiger partial charge in [0.25, 0.3) is 11.6 Å². The molecule has 0 radical (unpaired) electrons. The monoisotopic (exact) mass is 371 g/mol. The van der Waals surface area contributed by atoms with E-state index in [1.807, 2.05) is 0 Å². The Hall–Kier alpha value is -3.62. The third-order valence-electron chi connectivity index (χ3n) is 4.04. The Morgan fingerprint density at radius 1 is 1.33 bits per heavy atom. The maximum absolute atomic E-state index is 12.5. The van der Waals surface area contributed by atoms with Crippen molar-refractivity contribution in [3.63, 3.8) is 0 Å². The zero-order valence-electron chi connectivity index (χ0n) is 14.7. The van der Waals surface area contributed by atoms with Crippen LogP contribution in [0.5, 0.6) is 11.5 Å². The van der Waals surface area contributed by atoms with E-state index < -0.39 is 16.9 Å². The molecular weight excluding hydrogens is 354 g/mol. The van der Waals surface area contributed by atoms with Gasteiger partial charge in [-0.15, -0.1) is 0 Å². The second kappa shape index (κ2) is 7.32. The Balaban J connectivity index is 1.83. The fourth-order valence-corrected chi connectivity index (χ4v) is 2.76. The Morgan fingerprint density at radius 3 is 2.78 bits per heavy atom. The summed E-state index contributed by atoms with van der Waals surface area (Å²) < 4.78 is 10.7. The van der Waals surface area contributed by atoms with Crippen molar-refractivity contribution in [3.05, 3.63) is 52.6 Å². The fourth-order valence-electron chi connectivity index (χ4n) is 2.76. The van der Waals surface area contributed by atoms with Gasteiger partial charge < -0.3 is 14.8 Å². The van der Waals surface area contributed by atoms with E-state index in [2.05, 4.69) is 5.32 Å². The fraction of sp³-hybridized carbons (Fsp3) is 0.222. The molecule has 0 aromatic heterocycles. The van der Waals surface area contributed by atoms with Gasteiger partial charge in [0.05, 0.1) is 23.4 Å². The molecule has 3 rings (SSSR count). The summed E-state index contributed by atoms with van der Waals surface area (Å²) in [6.45, 7) is 1.34. The number of fused-ring (bicyclic) bond motifs is 1. The Morgan fingerprint density at radius 2 is 2.07 bits per heavy atom. The van der Waals surface area contributed by atoms with Crippen molar-refractivity contribution in [3.8, 4) is 11.5 Å². The average molecular weight is 371 g/mol. The van der Waals surface area contributed by atoms with Crippen LogP contribution < -0.4 is 19.7 Å². The van der Waals surface area contributed by atoms with Crippen molar-refractivity contribution in [2.24, 2.45) is 0 Å². The molecule has 0 bridgehead atoms. The number of para-hydroxylation sites is 2. The van der Waals surface area contributed by atoms with E-state index in [9.17, 15) is 19.7 Å². The topological polar surface area (TPSA) is 111 Å². The van der Waals surface area contributed by atoms with Gasteiger partial charge in [0.1, 0.15) is 18.0 Å². The number of carbonyl (C=O) groups excluding carboxylic acids is 2. The molecule has 0 fully saturated rings. The summed E-state index contributed by atoms with van der Waals surface area (Å²) in [4.78, 5) is 36.7. The molecule has 1 aliphatic rings. The number of amides is 2. The van der Waals surface area contributed by atoms with Gasteiger partial charge in [-0.1, -0.05) is 12.1 Å². The predicted molar refractivity (Wildman–Crippen MR) is 97.2 cm³/mol. The first-order valence-electron chi connectivity index (χ1n) is 8.10. The number of nitro groups is 1. The summed E-state index contributed by atoms with van der Waals surface area (Å²) in [5.74, 6) is -0.0951. The number of nitro benzene ring substituents is 1. The lowest BCUT2D eigenvalue weighted by Crippen LogP contribution is -2.47. The van der Waals surface area contributed by atoms with E-state index in [0.717, 1.165) is 0 Å². The Bertz CT molecular complexity index is 914. The van der Waals surface area contributed by atoms with Crippen LogP contribution in [-0.4, -0.2) is 36.5 Å². The highest BCUT2D eigenvalue weighted by atomic mass is 16.6. The average Bonchev–Trinajstić information content (AvgIpc) is 2.65. The summed E-state index contributed by atoms with van der Waals surface area (Å²) in [6.07, 6.45) is -0.722. The summed E-state index contributed by atoms with van der Waals surface area (Å²) in [5.41, 5.74) is 0.452. The number of hydrogen-bond acceptors (Lipinski definition) is 6. The van der Waals surface area contributed by atoms with E-state index in [1.165, 1.54) is 30.2 Å². The molecule has 27 heavy (non-hydrogen) atoms. The van der Waals surface area contributed by atoms with E-state index in [4.69, 9.17) is 9.47 Å². The van der Waals surface area contributed by atoms with Gasteiger partial charge >= 0.3 is 0 Å². The lowest BCUT2D eigenvalue weighted by atomic mass is 10.2. The highest BCUT2D eigenvalue weighted by Gasteiger charge is 2.32. The largest absolute Gasteiger partial charge is 0.495 e. The molecule has 0 spiro atoms. The molecule has 2 aromatic rings. The van der Waals surface area contributed by atoms with Crippen LogP contribution in [0.15, 0.2) is 42.5 Å². The third-order valence-corrected chi connectivity index (χ3v) is 4.04. The first kappa shape index (κ1) is 18.2. The lowest BCUT2D eigenvalue weighted by molar-refractivity contribution is -0.384. The van der Waals surface area contributed by atoms with Gasteiger partial charge in [-0.05, 0) is 25.1 Å². The quantitative estimate of drug-likeness (QED) is 0.638. The lowest BCUT2D eigenvalue weighted by Gasteiger charge is -2.32. The molecule has 0 aliphatic carbocycles. The van der Waals surface area contributed by atoms with Gasteiger partial charge in [-0.2, -0.15) is 0 Å². The highest BCUT2D eigenvalue weighted by Crippen LogP contribution is 2.34. The normalized spacial score (nSPS) is 15.6. The summed E-state index contributed by atoms with van der Waals surface area (Å²) in [5, 5.41) is 13.5. The first-order chi connectivity index (χ1) is 12.9. The van der Waals surface area contributed by atoms with Crippen molar-refractivity contribution in [1.82, 2.24) is 0 Å². The zero-order valence-corrected chi connectivity index (χ0v) is 14.7. The summed E-state index contributed by atoms with van der Waals surface area (Å²) in [6, 6.07) is 10.8. The molecule has 1 N–H and O–H groups in total. The summed E-state index contributed by atoms with van der Waals surface area (Å²) >= 11 is 0. The van der Waals surface area contributed by atoms with Crippen LogP contribution >= 0.6 is 0 Å². The van der Waals surface area contributed by atoms with Crippen LogP contribution in [0.3, 0.4) is 0 Å². The molecule has 1 atom stereocenters. The molecule has 9 nitrogen and oxygen atoms in total. The van der Waals surface area contributed by atoms with Crippen LogP contribution in [-0.2, 0) is 9.59 Å². The molecular formula is C18H17N3O6. The van der Waals surface area contributed by atoms with Crippen LogP contribution in [0.4, 0.5) is 17.1 Å². The predicted octanol–water partition coefficient (Wildman–Crippen LogP) is 2.36. The molecule has 0 unspecified atom stereocenters. The number of ether oxygens (including phenoxy) is 2. The van der Waals surface area contributed by atoms with Crippen molar-refractivity contribution < 1.29 is 24.0 Å². The van der Waals surface area contributed by atoms with E-state index >= 15 is 0 Å². The van der Waals surface area contributed by atoms with Crippen LogP contribution in [0, 0.1) is 10.1 Å². The number of nitrogens with one attached hydrogen (secondary N) is 1. The van der Waals surface area contributed by atoms with E-state index in [0.29, 0.717) is 11.4 Å². The number of anilines is 2. The molecule has 1 aliphatic heterocycles. The number of rotatable bonds is 5. The Labute approximate surface area is 154 Å². The molecule has 2 amide bonds. The number of carbonyl (C=O) groups is 2. The second-order valence-electron chi connectivity index (χ2n) is 5.84. The molecule has 2 aromatic carbocycles. The molecule has 1 heterocycles. The maximum Gasteiger partial charge on any atom is 0.271 e. The first-order valence-corrected chi connectivity index (χ1v) is 8.10. The number of nitrogens with zero attached hydrogens (tertiary/aromatic N) is 2. The minimum atomic E-state index is -0.722. The van der Waals surface area contributed by atoms with Gasteiger partial charge in [-0.3, -0.25) is 24.6 Å². The van der Waals surface area contributed by atoms with Crippen molar-refractivity contribution in [2.75, 3.05) is 23.9 Å². The number of benzene rings is 2. The minimum Gasteiger partial charge on any atom is -0.495 e. The minimum absolute atomic E-state index is 0.152. The third kappa shape index (κ3) is 3.66. The van der Waals surface area contributed by atoms with E-state index in [1.54, 1.807) is 31.2 Å². The van der Waals surface area contributed by atoms with Crippen molar-refractivity contribution in [1.29, 1.82) is 0 Å². The van der Waals surface area contributed by atoms with Gasteiger partial charge in [0.15, 0.2) is 6.10 Å².